The number of carbonyl (C=O) groups is 4. The molecule has 6 amide bonds. The van der Waals surface area contributed by atoms with Gasteiger partial charge in [0.25, 0.3) is 11.8 Å². The number of alkyl halides is 6. The predicted octanol–water partition coefficient (Wildman–Crippen LogP) is 3.56. The number of hydrogen-bond donors (Lipinski definition) is 1. The van der Waals surface area contributed by atoms with Gasteiger partial charge in [-0.15, -0.1) is 0 Å². The van der Waals surface area contributed by atoms with E-state index in [0.29, 0.717) is 15.7 Å². The quantitative estimate of drug-likeness (QED) is 0.233. The molecule has 11 nitrogen and oxygen atoms in total. The summed E-state index contributed by atoms with van der Waals surface area (Å²) in [6.07, 6.45) is -6.39. The van der Waals surface area contributed by atoms with Gasteiger partial charge < -0.3 is 15.0 Å². The average molecular weight is 592 g/mol. The maximum absolute atomic E-state index is 12.7. The maximum atomic E-state index is 12.7. The maximum Gasteiger partial charge on any atom is 0.416 e. The lowest BCUT2D eigenvalue weighted by Gasteiger charge is -2.22. The highest BCUT2D eigenvalue weighted by atomic mass is 19.4. The summed E-state index contributed by atoms with van der Waals surface area (Å²) < 4.78 is 73.7. The van der Waals surface area contributed by atoms with Crippen molar-refractivity contribution in [3.05, 3.63) is 59.2 Å². The number of nitrogens with zero attached hydrogens (tertiary/aromatic N) is 5. The van der Waals surface area contributed by atoms with Gasteiger partial charge in [-0.25, -0.2) is 19.5 Å². The van der Waals surface area contributed by atoms with E-state index in [1.807, 2.05) is 0 Å². The van der Waals surface area contributed by atoms with Crippen LogP contribution in [0.3, 0.4) is 0 Å². The molecule has 2 aromatic heterocycles. The van der Waals surface area contributed by atoms with Crippen molar-refractivity contribution < 1.29 is 50.3 Å². The summed E-state index contributed by atoms with van der Waals surface area (Å²) in [6.45, 7) is 6.43. The van der Waals surface area contributed by atoms with Crippen molar-refractivity contribution in [2.75, 3.05) is 19.0 Å². The molecule has 0 atom stereocenters. The van der Waals surface area contributed by atoms with Crippen LogP contribution in [0.15, 0.2) is 42.9 Å². The third-order valence-electron chi connectivity index (χ3n) is 6.39. The molecule has 0 radical (unpaired) electrons. The van der Waals surface area contributed by atoms with Crippen LogP contribution >= 0.6 is 0 Å². The topological polar surface area (TPSA) is 130 Å². The molecule has 0 saturated carbocycles. The molecule has 41 heavy (non-hydrogen) atoms. The highest BCUT2D eigenvalue weighted by Crippen LogP contribution is 2.34. The van der Waals surface area contributed by atoms with Crippen molar-refractivity contribution in [2.45, 2.75) is 51.1 Å². The molecule has 2 aromatic rings. The van der Waals surface area contributed by atoms with Crippen LogP contribution in [-0.4, -0.2) is 63.8 Å². The van der Waals surface area contributed by atoms with Gasteiger partial charge in [-0.2, -0.15) is 31.1 Å². The average Bonchev–Trinajstić information content (AvgIpc) is 3.13. The highest BCUT2D eigenvalue weighted by molar-refractivity contribution is 6.22. The lowest BCUT2D eigenvalue weighted by Crippen LogP contribution is -2.41. The summed E-state index contributed by atoms with van der Waals surface area (Å²) in [4.78, 5) is 52.8. The zero-order valence-electron chi connectivity index (χ0n) is 22.6. The second-order valence-corrected chi connectivity index (χ2v) is 9.76. The number of amides is 6. The van der Waals surface area contributed by atoms with Crippen molar-refractivity contribution in [3.63, 3.8) is 0 Å². The molecule has 17 heteroatoms. The first kappa shape index (κ1) is 32.8. The molecule has 0 aromatic carbocycles. The molecule has 2 saturated heterocycles. The number of imide groups is 2. The zero-order chi connectivity index (χ0) is 31.7. The van der Waals surface area contributed by atoms with Gasteiger partial charge in [0.1, 0.15) is 16.9 Å². The minimum absolute atomic E-state index is 0.236. The molecule has 2 aliphatic rings. The number of anilines is 1. The fourth-order valence-electron chi connectivity index (χ4n) is 3.15. The van der Waals surface area contributed by atoms with Gasteiger partial charge >= 0.3 is 24.4 Å². The summed E-state index contributed by atoms with van der Waals surface area (Å²) in [5.41, 5.74) is -3.58. The third kappa shape index (κ3) is 7.01. The van der Waals surface area contributed by atoms with Crippen molar-refractivity contribution in [1.29, 1.82) is 0 Å². The normalized spacial score (nSPS) is 18.0. The van der Waals surface area contributed by atoms with Crippen LogP contribution in [-0.2, 0) is 21.9 Å². The van der Waals surface area contributed by atoms with Crippen LogP contribution in [0.1, 0.15) is 38.8 Å². The van der Waals surface area contributed by atoms with Gasteiger partial charge in [-0.05, 0) is 39.8 Å². The fourth-order valence-corrected chi connectivity index (χ4v) is 3.15. The Morgan fingerprint density at radius 1 is 0.829 bits per heavy atom. The molecule has 0 bridgehead atoms. The number of nitrogens with one attached hydrogen (secondary N) is 1. The molecule has 224 valence electrons. The monoisotopic (exact) mass is 592 g/mol. The lowest BCUT2D eigenvalue weighted by atomic mass is 10.1. The van der Waals surface area contributed by atoms with Crippen LogP contribution in [0.25, 0.3) is 0 Å². The molecule has 2 aliphatic heterocycles. The van der Waals surface area contributed by atoms with E-state index in [0.717, 1.165) is 41.7 Å². The van der Waals surface area contributed by atoms with Gasteiger partial charge in [0.05, 0.1) is 11.1 Å². The summed E-state index contributed by atoms with van der Waals surface area (Å²) in [7, 11) is 3.01. The number of urea groups is 2. The van der Waals surface area contributed by atoms with E-state index < -0.39 is 46.5 Å². The Labute approximate surface area is 229 Å². The summed E-state index contributed by atoms with van der Waals surface area (Å²) in [6, 6.07) is 1.90. The van der Waals surface area contributed by atoms with Gasteiger partial charge in [0.15, 0.2) is 12.4 Å². The zero-order valence-corrected chi connectivity index (χ0v) is 22.6. The number of likely N-dealkylation sites (N-methyl/N-ethyl adjacent to an activating group) is 2. The number of hydrogen-bond acceptors (Lipinski definition) is 6. The van der Waals surface area contributed by atoms with Crippen LogP contribution in [0.5, 0.6) is 0 Å². The Kier molecular flexibility index (Phi) is 8.96. The molecule has 4 rings (SSSR count). The fraction of sp³-hybridized carbons (Fsp3) is 0.417. The van der Waals surface area contributed by atoms with E-state index in [1.165, 1.54) is 25.8 Å². The smallest absolute Gasteiger partial charge is 0.416 e. The number of aromatic nitrogens is 2. The molecule has 4 heterocycles. The summed E-state index contributed by atoms with van der Waals surface area (Å²) >= 11 is 0. The number of halogens is 6. The molecule has 2 fully saturated rings. The molecular formula is C24H26F6N6O5. The first-order valence-corrected chi connectivity index (χ1v) is 11.5. The summed E-state index contributed by atoms with van der Waals surface area (Å²) in [5.74, 6) is -1.18. The number of pyridine rings is 2. The van der Waals surface area contributed by atoms with Gasteiger partial charge in [-0.3, -0.25) is 14.9 Å². The van der Waals surface area contributed by atoms with E-state index in [4.69, 9.17) is 0 Å². The Balaban J connectivity index is 0.000000236. The van der Waals surface area contributed by atoms with Crippen LogP contribution < -0.4 is 14.9 Å². The van der Waals surface area contributed by atoms with E-state index in [9.17, 15) is 50.7 Å². The Morgan fingerprint density at radius 2 is 1.34 bits per heavy atom. The van der Waals surface area contributed by atoms with Gasteiger partial charge in [0, 0.05) is 32.4 Å². The molecule has 0 aliphatic carbocycles. The van der Waals surface area contributed by atoms with E-state index in [-0.39, 0.29) is 17.8 Å². The van der Waals surface area contributed by atoms with Crippen LogP contribution in [0.4, 0.5) is 41.7 Å². The summed E-state index contributed by atoms with van der Waals surface area (Å²) in [5, 5.41) is 12.5. The molecule has 1 N–H and O–H groups in total. The highest BCUT2D eigenvalue weighted by Gasteiger charge is 2.51. The first-order chi connectivity index (χ1) is 18.5. The van der Waals surface area contributed by atoms with Crippen molar-refractivity contribution in [2.24, 2.45) is 0 Å². The Morgan fingerprint density at radius 3 is 1.68 bits per heavy atom. The minimum atomic E-state index is -4.56. The molecular weight excluding hydrogens is 566 g/mol. The first-order valence-electron chi connectivity index (χ1n) is 11.5. The molecule has 0 spiro atoms. The Bertz CT molecular complexity index is 1330. The largest absolute Gasteiger partial charge is 0.619 e. The van der Waals surface area contributed by atoms with Crippen LogP contribution in [0.2, 0.25) is 0 Å². The van der Waals surface area contributed by atoms with Gasteiger partial charge in [-0.1, -0.05) is 0 Å². The second-order valence-electron chi connectivity index (χ2n) is 9.76. The molecule has 0 unspecified atom stereocenters. The lowest BCUT2D eigenvalue weighted by molar-refractivity contribution is -0.605. The van der Waals surface area contributed by atoms with Crippen molar-refractivity contribution in [3.8, 4) is 0 Å². The van der Waals surface area contributed by atoms with Gasteiger partial charge in [0.2, 0.25) is 0 Å². The minimum Gasteiger partial charge on any atom is -0.619 e. The van der Waals surface area contributed by atoms with Crippen molar-refractivity contribution >= 4 is 29.7 Å². The number of carbonyl (C=O) groups excluding carboxylic acids is 4. The van der Waals surface area contributed by atoms with E-state index in [1.54, 1.807) is 20.9 Å². The standard InChI is InChI=1S/C12H12F3N3O2.C6H4F3NO.C6H10N2O2/c1-11(2)9(19)18(10(20)17(11)3)8-6-7(4-5-16-8)12(13,14)15;7-6(8,9)5-1-3-10(11)4-2-5;1-6(2)4(9)7-5(10)8(6)3/h4-6H,1-3H3;1-4H;1-3H3,(H,7,9,10). The number of rotatable bonds is 1. The van der Waals surface area contributed by atoms with Crippen molar-refractivity contribution in [1.82, 2.24) is 20.1 Å². The predicted molar refractivity (Wildman–Crippen MR) is 130 cm³/mol. The van der Waals surface area contributed by atoms with E-state index in [2.05, 4.69) is 10.3 Å². The SMILES string of the molecule is CN1C(=O)N(c2cc(C(F)(F)F)ccn2)C(=O)C1(C)C.CN1C(=O)NC(=O)C1(C)C.[O-][n+]1ccc(C(F)(F)F)cc1. The van der Waals surface area contributed by atoms with E-state index >= 15 is 0 Å². The second kappa shape index (κ2) is 11.2. The van der Waals surface area contributed by atoms with Crippen LogP contribution in [0, 0.1) is 5.21 Å². The third-order valence-corrected chi connectivity index (χ3v) is 6.39. The Hall–Kier alpha value is -4.44.